The number of hydrogen-bond donors (Lipinski definition) is 2. The van der Waals surface area contributed by atoms with Gasteiger partial charge in [0.1, 0.15) is 5.69 Å². The molecule has 0 atom stereocenters. The maximum absolute atomic E-state index is 12.2. The monoisotopic (exact) mass is 371 g/mol. The second kappa shape index (κ2) is 8.01. The van der Waals surface area contributed by atoms with E-state index in [0.717, 1.165) is 5.56 Å². The highest BCUT2D eigenvalue weighted by molar-refractivity contribution is 6.43. The number of nitrogens with zero attached hydrogens (tertiary/aromatic N) is 1. The molecular weight excluding hydrogens is 357 g/mol. The Bertz CT molecular complexity index is 868. The Balaban J connectivity index is 1.63. The summed E-state index contributed by atoms with van der Waals surface area (Å²) < 4.78 is 0. The van der Waals surface area contributed by atoms with E-state index in [2.05, 4.69) is 15.6 Å². The van der Waals surface area contributed by atoms with E-state index < -0.39 is 0 Å². The number of benzene rings is 2. The molecule has 0 unspecified atom stereocenters. The van der Waals surface area contributed by atoms with Gasteiger partial charge in [0.2, 0.25) is 0 Å². The summed E-state index contributed by atoms with van der Waals surface area (Å²) in [5.41, 5.74) is 2.77. The Hall–Kier alpha value is -2.56. The average Bonchev–Trinajstić information content (AvgIpc) is 2.65. The molecule has 0 saturated heterocycles. The van der Waals surface area contributed by atoms with Gasteiger partial charge in [-0.1, -0.05) is 59.6 Å². The van der Waals surface area contributed by atoms with Crippen molar-refractivity contribution in [2.45, 2.75) is 6.54 Å². The molecule has 0 saturated carbocycles. The summed E-state index contributed by atoms with van der Waals surface area (Å²) in [5, 5.41) is 6.87. The van der Waals surface area contributed by atoms with Gasteiger partial charge in [-0.2, -0.15) is 0 Å². The quantitative estimate of drug-likeness (QED) is 0.658. The van der Waals surface area contributed by atoms with Crippen LogP contribution in [0.1, 0.15) is 16.1 Å². The molecular formula is C19H15Cl2N3O. The Morgan fingerprint density at radius 1 is 0.960 bits per heavy atom. The Morgan fingerprint density at radius 3 is 2.48 bits per heavy atom. The summed E-state index contributed by atoms with van der Waals surface area (Å²) >= 11 is 12.1. The van der Waals surface area contributed by atoms with E-state index in [1.807, 2.05) is 36.4 Å². The molecule has 2 N–H and O–H groups in total. The normalized spacial score (nSPS) is 10.3. The van der Waals surface area contributed by atoms with E-state index in [-0.39, 0.29) is 5.91 Å². The summed E-state index contributed by atoms with van der Waals surface area (Å²) in [4.78, 5) is 16.3. The van der Waals surface area contributed by atoms with Crippen molar-refractivity contribution >= 4 is 40.5 Å². The van der Waals surface area contributed by atoms with Crippen molar-refractivity contribution in [1.82, 2.24) is 10.3 Å². The second-order valence-electron chi connectivity index (χ2n) is 5.33. The third kappa shape index (κ3) is 4.50. The van der Waals surface area contributed by atoms with E-state index in [9.17, 15) is 4.79 Å². The molecule has 1 amide bonds. The topological polar surface area (TPSA) is 54.0 Å². The van der Waals surface area contributed by atoms with Gasteiger partial charge in [0.05, 0.1) is 27.6 Å². The van der Waals surface area contributed by atoms with Gasteiger partial charge in [-0.3, -0.25) is 4.79 Å². The number of pyridine rings is 1. The minimum Gasteiger partial charge on any atom is -0.353 e. The second-order valence-corrected chi connectivity index (χ2v) is 6.11. The van der Waals surface area contributed by atoms with Gasteiger partial charge in [-0.05, 0) is 29.8 Å². The first-order chi connectivity index (χ1) is 12.1. The predicted octanol–water partition coefficient (Wildman–Crippen LogP) is 5.06. The molecule has 2 aromatic carbocycles. The van der Waals surface area contributed by atoms with Crippen LogP contribution in [0.4, 0.5) is 11.4 Å². The molecule has 0 spiro atoms. The lowest BCUT2D eigenvalue weighted by molar-refractivity contribution is 0.0946. The first kappa shape index (κ1) is 17.3. The Morgan fingerprint density at radius 2 is 1.76 bits per heavy atom. The molecule has 0 radical (unpaired) electrons. The highest BCUT2D eigenvalue weighted by Crippen LogP contribution is 2.31. The van der Waals surface area contributed by atoms with Gasteiger partial charge in [-0.25, -0.2) is 4.98 Å². The average molecular weight is 372 g/mol. The third-order valence-electron chi connectivity index (χ3n) is 3.52. The molecule has 0 aliphatic heterocycles. The number of aromatic nitrogens is 1. The van der Waals surface area contributed by atoms with Gasteiger partial charge >= 0.3 is 0 Å². The van der Waals surface area contributed by atoms with E-state index >= 15 is 0 Å². The minimum absolute atomic E-state index is 0.226. The van der Waals surface area contributed by atoms with Crippen LogP contribution in [0.3, 0.4) is 0 Å². The van der Waals surface area contributed by atoms with Crippen LogP contribution in [-0.4, -0.2) is 10.9 Å². The van der Waals surface area contributed by atoms with E-state index in [4.69, 9.17) is 23.2 Å². The number of rotatable bonds is 5. The van der Waals surface area contributed by atoms with Crippen molar-refractivity contribution in [2.75, 3.05) is 5.32 Å². The van der Waals surface area contributed by atoms with Crippen LogP contribution in [0.5, 0.6) is 0 Å². The zero-order valence-electron chi connectivity index (χ0n) is 13.2. The lowest BCUT2D eigenvalue weighted by Crippen LogP contribution is -2.23. The number of halogens is 2. The van der Waals surface area contributed by atoms with Crippen LogP contribution in [0.25, 0.3) is 0 Å². The van der Waals surface area contributed by atoms with Crippen molar-refractivity contribution in [3.63, 3.8) is 0 Å². The van der Waals surface area contributed by atoms with Crippen LogP contribution in [-0.2, 0) is 6.54 Å². The lowest BCUT2D eigenvalue weighted by atomic mass is 10.2. The number of hydrogen-bond acceptors (Lipinski definition) is 3. The van der Waals surface area contributed by atoms with Crippen LogP contribution >= 0.6 is 23.2 Å². The van der Waals surface area contributed by atoms with E-state index in [1.165, 1.54) is 0 Å². The summed E-state index contributed by atoms with van der Waals surface area (Å²) in [5.74, 6) is -0.226. The zero-order chi connectivity index (χ0) is 17.6. The van der Waals surface area contributed by atoms with Gasteiger partial charge in [0.15, 0.2) is 0 Å². The molecule has 25 heavy (non-hydrogen) atoms. The first-order valence-electron chi connectivity index (χ1n) is 7.63. The molecule has 1 aromatic heterocycles. The van der Waals surface area contributed by atoms with Gasteiger partial charge in [0, 0.05) is 6.54 Å². The van der Waals surface area contributed by atoms with Crippen LogP contribution in [0.2, 0.25) is 10.0 Å². The molecule has 0 bridgehead atoms. The van der Waals surface area contributed by atoms with Gasteiger partial charge in [-0.15, -0.1) is 0 Å². The third-order valence-corrected chi connectivity index (χ3v) is 4.34. The molecule has 3 aromatic rings. The standard InChI is InChI=1S/C19H15Cl2N3O/c20-15-7-4-8-16(18(15)21)24-14-9-10-17(22-12-14)19(25)23-11-13-5-2-1-3-6-13/h1-10,12,24H,11H2,(H,23,25). The molecule has 126 valence electrons. The molecule has 0 fully saturated rings. The molecule has 4 nitrogen and oxygen atoms in total. The summed E-state index contributed by atoms with van der Waals surface area (Å²) in [7, 11) is 0. The highest BCUT2D eigenvalue weighted by atomic mass is 35.5. The van der Waals surface area contributed by atoms with Crippen molar-refractivity contribution < 1.29 is 4.79 Å². The number of amides is 1. The van der Waals surface area contributed by atoms with Gasteiger partial charge < -0.3 is 10.6 Å². The molecule has 0 aliphatic carbocycles. The lowest BCUT2D eigenvalue weighted by Gasteiger charge is -2.10. The van der Waals surface area contributed by atoms with E-state index in [1.54, 1.807) is 30.5 Å². The highest BCUT2D eigenvalue weighted by Gasteiger charge is 2.08. The Kier molecular flexibility index (Phi) is 5.53. The smallest absolute Gasteiger partial charge is 0.270 e. The van der Waals surface area contributed by atoms with Crippen LogP contribution in [0.15, 0.2) is 66.9 Å². The fraction of sp³-hybridized carbons (Fsp3) is 0.0526. The van der Waals surface area contributed by atoms with Crippen molar-refractivity contribution in [2.24, 2.45) is 0 Å². The number of anilines is 2. The van der Waals surface area contributed by atoms with Crippen LogP contribution in [0, 0.1) is 0 Å². The predicted molar refractivity (Wildman–Crippen MR) is 102 cm³/mol. The zero-order valence-corrected chi connectivity index (χ0v) is 14.7. The minimum atomic E-state index is -0.226. The Labute approximate surface area is 155 Å². The summed E-state index contributed by atoms with van der Waals surface area (Å²) in [6.45, 7) is 0.458. The SMILES string of the molecule is O=C(NCc1ccccc1)c1ccc(Nc2cccc(Cl)c2Cl)cn1. The molecule has 1 heterocycles. The first-order valence-corrected chi connectivity index (χ1v) is 8.38. The fourth-order valence-electron chi connectivity index (χ4n) is 2.23. The number of carbonyl (C=O) groups is 1. The van der Waals surface area contributed by atoms with Crippen molar-refractivity contribution in [3.05, 3.63) is 88.2 Å². The van der Waals surface area contributed by atoms with Crippen LogP contribution < -0.4 is 10.6 Å². The number of carbonyl (C=O) groups excluding carboxylic acids is 1. The molecule has 3 rings (SSSR count). The van der Waals surface area contributed by atoms with E-state index in [0.29, 0.717) is 33.7 Å². The summed E-state index contributed by atoms with van der Waals surface area (Å²) in [6.07, 6.45) is 1.58. The largest absolute Gasteiger partial charge is 0.353 e. The summed E-state index contributed by atoms with van der Waals surface area (Å²) in [6, 6.07) is 18.5. The maximum Gasteiger partial charge on any atom is 0.270 e. The molecule has 0 aliphatic rings. The fourth-order valence-corrected chi connectivity index (χ4v) is 2.57. The maximum atomic E-state index is 12.2. The van der Waals surface area contributed by atoms with Gasteiger partial charge in [0.25, 0.3) is 5.91 Å². The number of nitrogens with one attached hydrogen (secondary N) is 2. The molecule has 6 heteroatoms. The van der Waals surface area contributed by atoms with Crippen molar-refractivity contribution in [3.8, 4) is 0 Å². The van der Waals surface area contributed by atoms with Crippen molar-refractivity contribution in [1.29, 1.82) is 0 Å².